The molecule has 1 spiro atoms. The van der Waals surface area contributed by atoms with Crippen LogP contribution in [0.2, 0.25) is 5.02 Å². The molecular formula is C10H10ClNO3S. The summed E-state index contributed by atoms with van der Waals surface area (Å²) in [5.41, 5.74) is -0.279. The van der Waals surface area contributed by atoms with Gasteiger partial charge in [-0.05, 0) is 18.9 Å². The van der Waals surface area contributed by atoms with E-state index in [0.29, 0.717) is 11.4 Å². The van der Waals surface area contributed by atoms with Crippen LogP contribution in [0.5, 0.6) is 5.88 Å². The van der Waals surface area contributed by atoms with Crippen molar-refractivity contribution in [1.82, 2.24) is 4.98 Å². The van der Waals surface area contributed by atoms with Gasteiger partial charge in [0.1, 0.15) is 10.5 Å². The second kappa shape index (κ2) is 3.11. The van der Waals surface area contributed by atoms with Crippen molar-refractivity contribution in [3.8, 4) is 5.88 Å². The first-order valence-electron chi connectivity index (χ1n) is 5.08. The maximum Gasteiger partial charge on any atom is 0.233 e. The van der Waals surface area contributed by atoms with Gasteiger partial charge >= 0.3 is 0 Å². The minimum Gasteiger partial charge on any atom is -0.470 e. The lowest BCUT2D eigenvalue weighted by Gasteiger charge is -2.13. The van der Waals surface area contributed by atoms with Crippen LogP contribution >= 0.6 is 11.6 Å². The number of rotatable bonds is 0. The number of aromatic nitrogens is 1. The molecule has 1 aromatic heterocycles. The predicted molar refractivity (Wildman–Crippen MR) is 58.5 cm³/mol. The van der Waals surface area contributed by atoms with Crippen LogP contribution in [0.25, 0.3) is 0 Å². The highest BCUT2D eigenvalue weighted by Crippen LogP contribution is 2.47. The van der Waals surface area contributed by atoms with Crippen LogP contribution in [0.3, 0.4) is 0 Å². The highest BCUT2D eigenvalue weighted by atomic mass is 35.5. The molecule has 0 amide bonds. The summed E-state index contributed by atoms with van der Waals surface area (Å²) in [6.45, 7) is 0. The highest BCUT2D eigenvalue weighted by Gasteiger charge is 2.49. The van der Waals surface area contributed by atoms with E-state index >= 15 is 0 Å². The van der Waals surface area contributed by atoms with E-state index in [4.69, 9.17) is 16.3 Å². The first kappa shape index (κ1) is 10.4. The smallest absolute Gasteiger partial charge is 0.233 e. The van der Waals surface area contributed by atoms with Crippen molar-refractivity contribution in [2.45, 2.75) is 29.8 Å². The Hall–Kier alpha value is -0.810. The van der Waals surface area contributed by atoms with Crippen LogP contribution in [0.4, 0.5) is 0 Å². The number of sulfone groups is 1. The van der Waals surface area contributed by atoms with Crippen LogP contribution in [-0.4, -0.2) is 24.8 Å². The van der Waals surface area contributed by atoms with Gasteiger partial charge in [0.15, 0.2) is 9.84 Å². The Balaban J connectivity index is 2.18. The summed E-state index contributed by atoms with van der Waals surface area (Å²) in [4.78, 5) is 4.11. The third-order valence-electron chi connectivity index (χ3n) is 3.07. The molecular weight excluding hydrogens is 250 g/mol. The van der Waals surface area contributed by atoms with Gasteiger partial charge in [0.2, 0.25) is 5.88 Å². The number of fused-ring (bicyclic) bond motifs is 1. The van der Waals surface area contributed by atoms with Gasteiger partial charge in [-0.2, -0.15) is 0 Å². The first-order valence-corrected chi connectivity index (χ1v) is 7.11. The monoisotopic (exact) mass is 259 g/mol. The number of hydrogen-bond acceptors (Lipinski definition) is 4. The number of nitrogens with zero attached hydrogens (tertiary/aromatic N) is 1. The molecule has 0 saturated heterocycles. The van der Waals surface area contributed by atoms with Crippen molar-refractivity contribution < 1.29 is 13.2 Å². The fourth-order valence-electron chi connectivity index (χ4n) is 1.89. The van der Waals surface area contributed by atoms with Gasteiger partial charge in [-0.25, -0.2) is 13.4 Å². The summed E-state index contributed by atoms with van der Waals surface area (Å²) >= 11 is 5.76. The zero-order chi connectivity index (χ0) is 11.4. The number of halogens is 1. The molecule has 16 heavy (non-hydrogen) atoms. The topological polar surface area (TPSA) is 56.3 Å². The molecule has 0 aromatic carbocycles. The fourth-order valence-corrected chi connectivity index (χ4v) is 3.64. The van der Waals surface area contributed by atoms with Crippen molar-refractivity contribution in [2.24, 2.45) is 0 Å². The molecule has 0 N–H and O–H groups in total. The van der Waals surface area contributed by atoms with Crippen molar-refractivity contribution in [2.75, 3.05) is 5.75 Å². The summed E-state index contributed by atoms with van der Waals surface area (Å²) in [6.07, 6.45) is 3.78. The first-order chi connectivity index (χ1) is 7.51. The molecule has 2 heterocycles. The second-order valence-corrected chi connectivity index (χ2v) is 6.82. The lowest BCUT2D eigenvalue weighted by Crippen LogP contribution is -2.18. The van der Waals surface area contributed by atoms with E-state index in [-0.39, 0.29) is 22.1 Å². The number of ether oxygens (including phenoxy) is 1. The van der Waals surface area contributed by atoms with Crippen molar-refractivity contribution in [3.63, 3.8) is 0 Å². The third kappa shape index (κ3) is 1.58. The SMILES string of the molecule is O=S1(=O)CCC2(CC2)Oc2ncc(Cl)cc21. The Bertz CT molecular complexity index is 551. The zero-order valence-electron chi connectivity index (χ0n) is 8.44. The quantitative estimate of drug-likeness (QED) is 0.713. The molecule has 0 radical (unpaired) electrons. The van der Waals surface area contributed by atoms with Crippen LogP contribution in [-0.2, 0) is 9.84 Å². The molecule has 1 fully saturated rings. The average molecular weight is 260 g/mol. The van der Waals surface area contributed by atoms with Crippen LogP contribution in [0.1, 0.15) is 19.3 Å². The van der Waals surface area contributed by atoms with Crippen molar-refractivity contribution >= 4 is 21.4 Å². The van der Waals surface area contributed by atoms with Crippen LogP contribution in [0.15, 0.2) is 17.2 Å². The van der Waals surface area contributed by atoms with Crippen molar-refractivity contribution in [1.29, 1.82) is 0 Å². The maximum absolute atomic E-state index is 12.0. The Morgan fingerprint density at radius 3 is 2.81 bits per heavy atom. The van der Waals surface area contributed by atoms with Gasteiger partial charge in [-0.1, -0.05) is 11.6 Å². The van der Waals surface area contributed by atoms with Crippen molar-refractivity contribution in [3.05, 3.63) is 17.3 Å². The molecule has 0 bridgehead atoms. The summed E-state index contributed by atoms with van der Waals surface area (Å²) < 4.78 is 29.7. The summed E-state index contributed by atoms with van der Waals surface area (Å²) in [7, 11) is -3.30. The molecule has 0 unspecified atom stereocenters. The summed E-state index contributed by atoms with van der Waals surface area (Å²) in [6, 6.07) is 1.42. The zero-order valence-corrected chi connectivity index (χ0v) is 10.0. The Morgan fingerprint density at radius 1 is 1.38 bits per heavy atom. The van der Waals surface area contributed by atoms with Gasteiger partial charge in [-0.15, -0.1) is 0 Å². The average Bonchev–Trinajstić information content (AvgIpc) is 2.99. The summed E-state index contributed by atoms with van der Waals surface area (Å²) in [5, 5.41) is 0.317. The molecule has 2 aliphatic rings. The molecule has 0 atom stereocenters. The van der Waals surface area contributed by atoms with Gasteiger partial charge in [0.25, 0.3) is 0 Å². The molecule has 6 heteroatoms. The molecule has 1 aromatic rings. The largest absolute Gasteiger partial charge is 0.470 e. The Kier molecular flexibility index (Phi) is 2.01. The van der Waals surface area contributed by atoms with Gasteiger partial charge in [0.05, 0.1) is 10.8 Å². The molecule has 86 valence electrons. The summed E-state index contributed by atoms with van der Waals surface area (Å²) in [5.74, 6) is 0.321. The van der Waals surface area contributed by atoms with E-state index < -0.39 is 9.84 Å². The van der Waals surface area contributed by atoms with E-state index in [1.165, 1.54) is 12.3 Å². The third-order valence-corrected chi connectivity index (χ3v) is 4.98. The Morgan fingerprint density at radius 2 is 2.12 bits per heavy atom. The molecule has 1 aliphatic heterocycles. The normalized spacial score (nSPS) is 24.3. The molecule has 1 aliphatic carbocycles. The van der Waals surface area contributed by atoms with Gasteiger partial charge in [-0.3, -0.25) is 0 Å². The predicted octanol–water partition coefficient (Wildman–Crippen LogP) is 1.82. The fraction of sp³-hybridized carbons (Fsp3) is 0.500. The minimum absolute atomic E-state index is 0.113. The van der Waals surface area contributed by atoms with E-state index in [9.17, 15) is 8.42 Å². The number of hydrogen-bond donors (Lipinski definition) is 0. The van der Waals surface area contributed by atoms with Crippen LogP contribution < -0.4 is 4.74 Å². The minimum atomic E-state index is -3.30. The maximum atomic E-state index is 12.0. The number of pyridine rings is 1. The molecule has 4 nitrogen and oxygen atoms in total. The molecule has 3 rings (SSSR count). The van der Waals surface area contributed by atoms with Crippen LogP contribution in [0, 0.1) is 0 Å². The highest BCUT2D eigenvalue weighted by molar-refractivity contribution is 7.91. The van der Waals surface area contributed by atoms with E-state index in [2.05, 4.69) is 4.98 Å². The molecule has 1 saturated carbocycles. The van der Waals surface area contributed by atoms with E-state index in [1.807, 2.05) is 0 Å². The lowest BCUT2D eigenvalue weighted by molar-refractivity contribution is 0.165. The van der Waals surface area contributed by atoms with E-state index in [0.717, 1.165) is 12.8 Å². The second-order valence-electron chi connectivity index (χ2n) is 4.31. The van der Waals surface area contributed by atoms with Gasteiger partial charge < -0.3 is 4.74 Å². The van der Waals surface area contributed by atoms with E-state index in [1.54, 1.807) is 0 Å². The standard InChI is InChI=1S/C10H10ClNO3S/c11-7-5-8-9(12-6-7)15-10(1-2-10)3-4-16(8,13)14/h5-6H,1-4H2. The lowest BCUT2D eigenvalue weighted by atomic mass is 10.2. The van der Waals surface area contributed by atoms with Gasteiger partial charge in [0, 0.05) is 12.6 Å². The Labute approximate surface area is 98.5 Å².